The van der Waals surface area contributed by atoms with Gasteiger partial charge in [0.15, 0.2) is 5.82 Å². The number of benzene rings is 1. The molecule has 0 atom stereocenters. The van der Waals surface area contributed by atoms with Crippen LogP contribution in [0, 0.1) is 0 Å². The maximum absolute atomic E-state index is 12.7. The van der Waals surface area contributed by atoms with Gasteiger partial charge in [-0.2, -0.15) is 13.2 Å². The molecular formula is C18H10Cl2F3N5S. The van der Waals surface area contributed by atoms with Gasteiger partial charge in [0, 0.05) is 16.5 Å². The maximum atomic E-state index is 12.7. The molecule has 0 saturated carbocycles. The van der Waals surface area contributed by atoms with E-state index in [-0.39, 0.29) is 0 Å². The first-order valence-corrected chi connectivity index (χ1v) is 9.72. The number of rotatable bonds is 4. The molecule has 0 spiro atoms. The van der Waals surface area contributed by atoms with Crippen molar-refractivity contribution < 1.29 is 13.2 Å². The molecule has 4 rings (SSSR count). The Bertz CT molecular complexity index is 1160. The number of fused-ring (bicyclic) bond motifs is 1. The van der Waals surface area contributed by atoms with Crippen LogP contribution in [0.1, 0.15) is 16.3 Å². The third-order valence-electron chi connectivity index (χ3n) is 3.95. The fourth-order valence-corrected chi connectivity index (χ4v) is 4.04. The lowest BCUT2D eigenvalue weighted by Gasteiger charge is -2.08. The van der Waals surface area contributed by atoms with Crippen molar-refractivity contribution in [2.75, 3.05) is 5.32 Å². The fourth-order valence-electron chi connectivity index (χ4n) is 2.59. The third-order valence-corrected chi connectivity index (χ3v) is 5.62. The van der Waals surface area contributed by atoms with Crippen molar-refractivity contribution in [3.63, 3.8) is 0 Å². The minimum Gasteiger partial charge on any atom is -0.337 e. The van der Waals surface area contributed by atoms with E-state index in [2.05, 4.69) is 25.3 Å². The van der Waals surface area contributed by atoms with Gasteiger partial charge in [0.05, 0.1) is 11.9 Å². The van der Waals surface area contributed by atoms with Crippen LogP contribution in [0.2, 0.25) is 10.0 Å². The molecule has 1 aromatic carbocycles. The maximum Gasteiger partial charge on any atom is 0.433 e. The third kappa shape index (κ3) is 4.26. The summed E-state index contributed by atoms with van der Waals surface area (Å²) in [5.74, 6) is 0.365. The van der Waals surface area contributed by atoms with E-state index in [9.17, 15) is 13.2 Å². The van der Waals surface area contributed by atoms with Crippen LogP contribution >= 0.6 is 34.5 Å². The molecule has 0 radical (unpaired) electrons. The Hall–Kier alpha value is -2.49. The predicted octanol–water partition coefficient (Wildman–Crippen LogP) is 6.14. The van der Waals surface area contributed by atoms with E-state index >= 15 is 0 Å². The van der Waals surface area contributed by atoms with Gasteiger partial charge in [-0.05, 0) is 29.8 Å². The van der Waals surface area contributed by atoms with Gasteiger partial charge >= 0.3 is 6.18 Å². The average molecular weight is 456 g/mol. The predicted molar refractivity (Wildman–Crippen MR) is 107 cm³/mol. The van der Waals surface area contributed by atoms with Crippen molar-refractivity contribution in [2.45, 2.75) is 12.6 Å². The number of aromatic nitrogens is 4. The highest BCUT2D eigenvalue weighted by Gasteiger charge is 2.32. The molecule has 0 aliphatic carbocycles. The summed E-state index contributed by atoms with van der Waals surface area (Å²) in [6.45, 7) is 0. The molecule has 0 fully saturated rings. The lowest BCUT2D eigenvalue weighted by Crippen LogP contribution is -2.07. The van der Waals surface area contributed by atoms with Crippen molar-refractivity contribution in [3.05, 3.63) is 69.2 Å². The van der Waals surface area contributed by atoms with Gasteiger partial charge in [-0.1, -0.05) is 40.6 Å². The minimum atomic E-state index is -4.50. The molecule has 29 heavy (non-hydrogen) atoms. The molecule has 1 N–H and O–H groups in total. The molecule has 4 aromatic rings. The quantitative estimate of drug-likeness (QED) is 0.400. The number of halogens is 5. The Kier molecular flexibility index (Phi) is 5.28. The Morgan fingerprint density at radius 3 is 2.41 bits per heavy atom. The van der Waals surface area contributed by atoms with Crippen molar-refractivity contribution >= 4 is 56.4 Å². The molecule has 3 heterocycles. The zero-order valence-corrected chi connectivity index (χ0v) is 16.7. The molecular weight excluding hydrogens is 446 g/mol. The topological polar surface area (TPSA) is 63.6 Å². The number of nitrogens with zero attached hydrogens (tertiary/aromatic N) is 4. The van der Waals surface area contributed by atoms with E-state index in [1.807, 2.05) is 0 Å². The summed E-state index contributed by atoms with van der Waals surface area (Å²) in [7, 11) is 0. The van der Waals surface area contributed by atoms with E-state index in [0.29, 0.717) is 38.3 Å². The van der Waals surface area contributed by atoms with Crippen molar-refractivity contribution in [2.24, 2.45) is 0 Å². The molecule has 5 nitrogen and oxygen atoms in total. The van der Waals surface area contributed by atoms with E-state index in [0.717, 1.165) is 22.8 Å². The first kappa shape index (κ1) is 19.8. The van der Waals surface area contributed by atoms with Gasteiger partial charge in [0.1, 0.15) is 27.4 Å². The largest absolute Gasteiger partial charge is 0.433 e. The Balaban J connectivity index is 1.63. The van der Waals surface area contributed by atoms with Gasteiger partial charge < -0.3 is 5.32 Å². The Morgan fingerprint density at radius 2 is 1.76 bits per heavy atom. The zero-order valence-electron chi connectivity index (χ0n) is 14.3. The number of pyridine rings is 1. The fraction of sp³-hybridized carbons (Fsp3) is 0.111. The number of alkyl halides is 3. The van der Waals surface area contributed by atoms with Crippen LogP contribution < -0.4 is 5.32 Å². The monoisotopic (exact) mass is 455 g/mol. The molecule has 0 saturated heterocycles. The summed E-state index contributed by atoms with van der Waals surface area (Å²) in [6.07, 6.45) is -1.63. The van der Waals surface area contributed by atoms with E-state index in [1.165, 1.54) is 23.7 Å². The lowest BCUT2D eigenvalue weighted by molar-refractivity contribution is -0.141. The van der Waals surface area contributed by atoms with Gasteiger partial charge in [-0.25, -0.2) is 19.9 Å². The van der Waals surface area contributed by atoms with E-state index < -0.39 is 11.9 Å². The molecule has 0 aliphatic rings. The van der Waals surface area contributed by atoms with Crippen LogP contribution in [0.25, 0.3) is 10.3 Å². The van der Waals surface area contributed by atoms with Crippen LogP contribution in [-0.4, -0.2) is 19.9 Å². The average Bonchev–Trinajstić information content (AvgIpc) is 3.08. The Labute approximate surface area is 176 Å². The van der Waals surface area contributed by atoms with Gasteiger partial charge in [0.25, 0.3) is 0 Å². The summed E-state index contributed by atoms with van der Waals surface area (Å²) >= 11 is 13.8. The van der Waals surface area contributed by atoms with Gasteiger partial charge in [-0.3, -0.25) is 0 Å². The van der Waals surface area contributed by atoms with Crippen LogP contribution in [0.15, 0.2) is 42.9 Å². The van der Waals surface area contributed by atoms with Crippen molar-refractivity contribution in [3.8, 4) is 0 Å². The first-order valence-electron chi connectivity index (χ1n) is 8.15. The van der Waals surface area contributed by atoms with E-state index in [1.54, 1.807) is 18.2 Å². The van der Waals surface area contributed by atoms with Gasteiger partial charge in [-0.15, -0.1) is 0 Å². The summed E-state index contributed by atoms with van der Waals surface area (Å²) < 4.78 is 38.0. The second-order valence-electron chi connectivity index (χ2n) is 5.92. The molecule has 148 valence electrons. The highest BCUT2D eigenvalue weighted by atomic mass is 35.5. The van der Waals surface area contributed by atoms with Crippen LogP contribution in [-0.2, 0) is 12.6 Å². The normalized spacial score (nSPS) is 11.8. The minimum absolute atomic E-state index is 0.349. The SMILES string of the molecule is FC(F)(F)c1ccc(Nc2ncnc3sc(Cc4c(Cl)cccc4Cl)nc23)cn1. The molecule has 11 heteroatoms. The number of anilines is 2. The molecule has 0 amide bonds. The number of hydrogen-bond acceptors (Lipinski definition) is 6. The standard InChI is InChI=1S/C18H10Cl2F3N5S/c19-11-2-1-3-12(20)10(11)6-14-28-15-16(25-8-26-17(15)29-14)27-9-4-5-13(24-7-9)18(21,22)23/h1-5,7-8H,6H2,(H,25,26,27). The molecule has 0 unspecified atom stereocenters. The highest BCUT2D eigenvalue weighted by Crippen LogP contribution is 2.32. The van der Waals surface area contributed by atoms with Crippen LogP contribution in [0.5, 0.6) is 0 Å². The zero-order chi connectivity index (χ0) is 20.6. The van der Waals surface area contributed by atoms with E-state index in [4.69, 9.17) is 23.2 Å². The Morgan fingerprint density at radius 1 is 1.00 bits per heavy atom. The second kappa shape index (κ2) is 7.74. The smallest absolute Gasteiger partial charge is 0.337 e. The van der Waals surface area contributed by atoms with Crippen LogP contribution in [0.4, 0.5) is 24.7 Å². The number of thiazole rings is 1. The number of nitrogens with one attached hydrogen (secondary N) is 1. The molecule has 0 aliphatic heterocycles. The first-order chi connectivity index (χ1) is 13.8. The summed E-state index contributed by atoms with van der Waals surface area (Å²) in [6, 6.07) is 7.44. The molecule has 3 aromatic heterocycles. The second-order valence-corrected chi connectivity index (χ2v) is 7.79. The number of hydrogen-bond donors (Lipinski definition) is 1. The lowest BCUT2D eigenvalue weighted by atomic mass is 10.1. The summed E-state index contributed by atoms with van der Waals surface area (Å²) in [4.78, 5) is 17.0. The molecule has 0 bridgehead atoms. The summed E-state index contributed by atoms with van der Waals surface area (Å²) in [5.41, 5.74) is 0.630. The highest BCUT2D eigenvalue weighted by molar-refractivity contribution is 7.18. The summed E-state index contributed by atoms with van der Waals surface area (Å²) in [5, 5.41) is 4.74. The van der Waals surface area contributed by atoms with Gasteiger partial charge in [0.2, 0.25) is 0 Å². The van der Waals surface area contributed by atoms with Crippen LogP contribution in [0.3, 0.4) is 0 Å². The van der Waals surface area contributed by atoms with Crippen molar-refractivity contribution in [1.82, 2.24) is 19.9 Å². The van der Waals surface area contributed by atoms with Crippen molar-refractivity contribution in [1.29, 1.82) is 0 Å².